The quantitative estimate of drug-likeness (QED) is 0.884. The van der Waals surface area contributed by atoms with E-state index < -0.39 is 0 Å². The Labute approximate surface area is 120 Å². The van der Waals surface area contributed by atoms with E-state index in [-0.39, 0.29) is 17.4 Å². The van der Waals surface area contributed by atoms with Gasteiger partial charge in [0.1, 0.15) is 0 Å². The van der Waals surface area contributed by atoms with Gasteiger partial charge in [-0.2, -0.15) is 0 Å². The number of fused-ring (bicyclic) bond motifs is 1. The molecule has 1 unspecified atom stereocenters. The number of aryl methyl sites for hydroxylation is 1. The molecule has 3 rings (SSSR count). The number of nitrogens with one attached hydrogen (secondary N) is 1. The van der Waals surface area contributed by atoms with E-state index in [0.29, 0.717) is 12.5 Å². The van der Waals surface area contributed by atoms with Crippen molar-refractivity contribution in [1.29, 1.82) is 0 Å². The van der Waals surface area contributed by atoms with Gasteiger partial charge in [0.05, 0.1) is 0 Å². The second kappa shape index (κ2) is 4.92. The first kappa shape index (κ1) is 13.7. The number of amides is 1. The van der Waals surface area contributed by atoms with Crippen LogP contribution < -0.4 is 11.1 Å². The van der Waals surface area contributed by atoms with Gasteiger partial charge in [0.2, 0.25) is 5.91 Å². The van der Waals surface area contributed by atoms with Crippen molar-refractivity contribution in [3.63, 3.8) is 0 Å². The Morgan fingerprint density at radius 1 is 1.50 bits per heavy atom. The molecule has 2 aliphatic carbocycles. The average molecular weight is 275 g/mol. The third-order valence-corrected chi connectivity index (χ3v) is 4.45. The highest BCUT2D eigenvalue weighted by Crippen LogP contribution is 2.39. The zero-order valence-electron chi connectivity index (χ0n) is 12.5. The van der Waals surface area contributed by atoms with Gasteiger partial charge in [0.25, 0.3) is 0 Å². The minimum absolute atomic E-state index is 0.135. The lowest BCUT2D eigenvalue weighted by Gasteiger charge is -2.34. The fourth-order valence-corrected chi connectivity index (χ4v) is 3.25. The second-order valence-corrected chi connectivity index (χ2v) is 7.15. The molecule has 1 heterocycles. The zero-order valence-corrected chi connectivity index (χ0v) is 12.5. The highest BCUT2D eigenvalue weighted by atomic mass is 16.1. The van der Waals surface area contributed by atoms with Crippen molar-refractivity contribution >= 4 is 5.91 Å². The van der Waals surface area contributed by atoms with E-state index in [0.717, 1.165) is 32.2 Å². The van der Waals surface area contributed by atoms with Crippen molar-refractivity contribution in [2.75, 3.05) is 0 Å². The molecule has 0 spiro atoms. The lowest BCUT2D eigenvalue weighted by atomic mass is 9.74. The van der Waals surface area contributed by atoms with Crippen LogP contribution in [0.1, 0.15) is 56.8 Å². The molecule has 0 saturated heterocycles. The zero-order chi connectivity index (χ0) is 14.3. The summed E-state index contributed by atoms with van der Waals surface area (Å²) in [5.41, 5.74) is 9.12. The molecule has 1 amide bonds. The Balaban J connectivity index is 1.67. The van der Waals surface area contributed by atoms with Crippen LogP contribution >= 0.6 is 0 Å². The van der Waals surface area contributed by atoms with Crippen LogP contribution in [-0.2, 0) is 17.8 Å². The van der Waals surface area contributed by atoms with Gasteiger partial charge < -0.3 is 15.6 Å². The van der Waals surface area contributed by atoms with Crippen LogP contribution in [0.2, 0.25) is 0 Å². The van der Waals surface area contributed by atoms with Gasteiger partial charge in [-0.15, -0.1) is 0 Å². The average Bonchev–Trinajstić information content (AvgIpc) is 3.05. The lowest BCUT2D eigenvalue weighted by molar-refractivity contribution is -0.121. The molecule has 0 aromatic carbocycles. The van der Waals surface area contributed by atoms with E-state index in [1.54, 1.807) is 0 Å². The summed E-state index contributed by atoms with van der Waals surface area (Å²) < 4.78 is 2.22. The third-order valence-electron chi connectivity index (χ3n) is 4.45. The van der Waals surface area contributed by atoms with Crippen molar-refractivity contribution < 1.29 is 4.79 Å². The van der Waals surface area contributed by atoms with Crippen molar-refractivity contribution in [2.24, 2.45) is 11.1 Å². The Morgan fingerprint density at radius 3 is 2.95 bits per heavy atom. The van der Waals surface area contributed by atoms with Gasteiger partial charge in [0.15, 0.2) is 0 Å². The molecule has 4 heteroatoms. The molecule has 20 heavy (non-hydrogen) atoms. The van der Waals surface area contributed by atoms with E-state index in [2.05, 4.69) is 36.0 Å². The monoisotopic (exact) mass is 275 g/mol. The largest absolute Gasteiger partial charge is 0.353 e. The summed E-state index contributed by atoms with van der Waals surface area (Å²) in [7, 11) is 0. The van der Waals surface area contributed by atoms with Crippen molar-refractivity contribution in [3.05, 3.63) is 23.5 Å². The molecule has 2 aliphatic rings. The summed E-state index contributed by atoms with van der Waals surface area (Å²) >= 11 is 0. The van der Waals surface area contributed by atoms with Crippen LogP contribution in [0.4, 0.5) is 0 Å². The predicted octanol–water partition coefficient (Wildman–Crippen LogP) is 2.13. The maximum atomic E-state index is 11.8. The summed E-state index contributed by atoms with van der Waals surface area (Å²) in [5, 5.41) is 3.04. The molecular formula is C16H25N3O. The van der Waals surface area contributed by atoms with E-state index in [4.69, 9.17) is 5.73 Å². The van der Waals surface area contributed by atoms with Crippen molar-refractivity contribution in [2.45, 2.75) is 64.6 Å². The summed E-state index contributed by atoms with van der Waals surface area (Å²) in [5.74, 6) is 0.175. The van der Waals surface area contributed by atoms with Crippen LogP contribution in [0.5, 0.6) is 0 Å². The minimum Gasteiger partial charge on any atom is -0.353 e. The SMILES string of the molecule is CC1(C)Cc2c(ccn2CCC(=O)NC2CC2)C(N)C1. The van der Waals surface area contributed by atoms with Gasteiger partial charge in [-0.05, 0) is 42.7 Å². The minimum atomic E-state index is 0.135. The fourth-order valence-electron chi connectivity index (χ4n) is 3.25. The van der Waals surface area contributed by atoms with Crippen LogP contribution in [0.15, 0.2) is 12.3 Å². The molecule has 1 fully saturated rings. The van der Waals surface area contributed by atoms with E-state index in [1.807, 2.05) is 0 Å². The Hall–Kier alpha value is -1.29. The van der Waals surface area contributed by atoms with Gasteiger partial charge >= 0.3 is 0 Å². The number of hydrogen-bond acceptors (Lipinski definition) is 2. The first-order valence-electron chi connectivity index (χ1n) is 7.67. The van der Waals surface area contributed by atoms with Crippen LogP contribution in [-0.4, -0.2) is 16.5 Å². The van der Waals surface area contributed by atoms with Gasteiger partial charge in [-0.1, -0.05) is 13.8 Å². The molecule has 0 bridgehead atoms. The van der Waals surface area contributed by atoms with Crippen molar-refractivity contribution in [1.82, 2.24) is 9.88 Å². The summed E-state index contributed by atoms with van der Waals surface area (Å²) in [6, 6.07) is 2.72. The number of rotatable bonds is 4. The number of carbonyl (C=O) groups excluding carboxylic acids is 1. The summed E-state index contributed by atoms with van der Waals surface area (Å²) in [6.07, 6.45) is 7.03. The number of carbonyl (C=O) groups is 1. The number of aromatic nitrogens is 1. The van der Waals surface area contributed by atoms with Gasteiger partial charge in [0, 0.05) is 36.9 Å². The standard InChI is InChI=1S/C16H25N3O/c1-16(2)9-13(17)12-5-7-19(14(12)10-16)8-6-15(20)18-11-3-4-11/h5,7,11,13H,3-4,6,8-10,17H2,1-2H3,(H,18,20). The molecule has 1 atom stereocenters. The molecule has 110 valence electrons. The van der Waals surface area contributed by atoms with Crippen LogP contribution in [0.25, 0.3) is 0 Å². The maximum Gasteiger partial charge on any atom is 0.222 e. The highest BCUT2D eigenvalue weighted by molar-refractivity contribution is 5.76. The fraction of sp³-hybridized carbons (Fsp3) is 0.688. The van der Waals surface area contributed by atoms with E-state index >= 15 is 0 Å². The van der Waals surface area contributed by atoms with Crippen LogP contribution in [0, 0.1) is 5.41 Å². The molecule has 4 nitrogen and oxygen atoms in total. The topological polar surface area (TPSA) is 60.0 Å². The number of nitrogens with zero attached hydrogens (tertiary/aromatic N) is 1. The maximum absolute atomic E-state index is 11.8. The smallest absolute Gasteiger partial charge is 0.222 e. The van der Waals surface area contributed by atoms with E-state index in [9.17, 15) is 4.79 Å². The number of hydrogen-bond donors (Lipinski definition) is 2. The molecule has 1 saturated carbocycles. The molecule has 0 aliphatic heterocycles. The Bertz CT molecular complexity index is 514. The van der Waals surface area contributed by atoms with Crippen LogP contribution in [0.3, 0.4) is 0 Å². The normalized spacial score (nSPS) is 24.2. The predicted molar refractivity (Wildman–Crippen MR) is 79.2 cm³/mol. The lowest BCUT2D eigenvalue weighted by Crippen LogP contribution is -2.31. The Morgan fingerprint density at radius 2 is 2.25 bits per heavy atom. The molecular weight excluding hydrogens is 250 g/mol. The summed E-state index contributed by atoms with van der Waals surface area (Å²) in [6.45, 7) is 5.30. The Kier molecular flexibility index (Phi) is 3.36. The molecule has 1 aromatic heterocycles. The van der Waals surface area contributed by atoms with Gasteiger partial charge in [-0.3, -0.25) is 4.79 Å². The third kappa shape index (κ3) is 2.90. The first-order chi connectivity index (χ1) is 9.44. The second-order valence-electron chi connectivity index (χ2n) is 7.15. The first-order valence-corrected chi connectivity index (χ1v) is 7.67. The van der Waals surface area contributed by atoms with Crippen molar-refractivity contribution in [3.8, 4) is 0 Å². The molecule has 3 N–H and O–H groups in total. The summed E-state index contributed by atoms with van der Waals surface area (Å²) in [4.78, 5) is 11.8. The van der Waals surface area contributed by atoms with Gasteiger partial charge in [-0.25, -0.2) is 0 Å². The highest BCUT2D eigenvalue weighted by Gasteiger charge is 2.32. The molecule has 1 aromatic rings. The molecule has 0 radical (unpaired) electrons. The number of nitrogens with two attached hydrogens (primary N) is 1. The van der Waals surface area contributed by atoms with E-state index in [1.165, 1.54) is 11.3 Å².